The number of halogens is 1. The molecule has 2 aromatic rings. The zero-order valence-electron chi connectivity index (χ0n) is 14.7. The first-order chi connectivity index (χ1) is 12.8. The predicted molar refractivity (Wildman–Crippen MR) is 103 cm³/mol. The van der Waals surface area contributed by atoms with E-state index in [0.29, 0.717) is 34.7 Å². The fourth-order valence-electron chi connectivity index (χ4n) is 3.93. The number of benzene rings is 2. The fourth-order valence-corrected chi connectivity index (χ4v) is 4.10. The fraction of sp³-hybridized carbons (Fsp3) is 0.238. The second kappa shape index (κ2) is 6.22. The van der Waals surface area contributed by atoms with Gasteiger partial charge in [-0.2, -0.15) is 0 Å². The number of rotatable bonds is 3. The molecule has 6 heteroatoms. The first-order valence-corrected chi connectivity index (χ1v) is 9.05. The summed E-state index contributed by atoms with van der Waals surface area (Å²) in [6.07, 6.45) is 0.547. The van der Waals surface area contributed by atoms with Crippen molar-refractivity contribution in [3.63, 3.8) is 0 Å². The van der Waals surface area contributed by atoms with Gasteiger partial charge in [-0.3, -0.25) is 9.59 Å². The molecular formula is C21H18ClNO4. The van der Waals surface area contributed by atoms with Crippen LogP contribution in [0, 0.1) is 0 Å². The van der Waals surface area contributed by atoms with Crippen LogP contribution in [0.4, 0.5) is 5.69 Å². The summed E-state index contributed by atoms with van der Waals surface area (Å²) in [5, 5.41) is 22.1. The van der Waals surface area contributed by atoms with Gasteiger partial charge in [0.15, 0.2) is 11.4 Å². The van der Waals surface area contributed by atoms with E-state index in [1.807, 2.05) is 12.1 Å². The summed E-state index contributed by atoms with van der Waals surface area (Å²) >= 11 is 6.04. The number of amides is 1. The van der Waals surface area contributed by atoms with Gasteiger partial charge in [0.25, 0.3) is 5.91 Å². The molecule has 0 aromatic heterocycles. The highest BCUT2D eigenvalue weighted by Crippen LogP contribution is 2.44. The first-order valence-electron chi connectivity index (χ1n) is 8.67. The molecule has 0 unspecified atom stereocenters. The summed E-state index contributed by atoms with van der Waals surface area (Å²) < 4.78 is 0. The van der Waals surface area contributed by atoms with Crippen molar-refractivity contribution in [2.45, 2.75) is 24.9 Å². The molecule has 1 heterocycles. The van der Waals surface area contributed by atoms with Crippen LogP contribution < -0.4 is 4.90 Å². The van der Waals surface area contributed by atoms with Gasteiger partial charge in [-0.05, 0) is 36.6 Å². The Morgan fingerprint density at radius 2 is 1.96 bits per heavy atom. The number of aliphatic hydroxyl groups excluding tert-OH is 1. The van der Waals surface area contributed by atoms with Crippen molar-refractivity contribution in [1.29, 1.82) is 0 Å². The molecule has 1 aliphatic carbocycles. The van der Waals surface area contributed by atoms with Crippen molar-refractivity contribution in [3.8, 4) is 0 Å². The lowest BCUT2D eigenvalue weighted by Crippen LogP contribution is -2.40. The van der Waals surface area contributed by atoms with Crippen molar-refractivity contribution in [3.05, 3.63) is 69.8 Å². The van der Waals surface area contributed by atoms with Gasteiger partial charge in [-0.15, -0.1) is 0 Å². The SMILES string of the molecule is CN1C(=O)[C@](O)(CC(=O)C2=C(O)c3ccccc3CC2)c2cc(Cl)ccc21. The average molecular weight is 384 g/mol. The van der Waals surface area contributed by atoms with Crippen LogP contribution in [0.5, 0.6) is 0 Å². The lowest BCUT2D eigenvalue weighted by Gasteiger charge is -2.24. The number of anilines is 1. The molecule has 138 valence electrons. The standard InChI is InChI=1S/C21H18ClNO4/c1-23-17-9-7-13(22)10-16(17)21(27,20(23)26)11-18(24)15-8-6-12-4-2-3-5-14(12)19(15)25/h2-5,7,9-10,25,27H,6,8,11H2,1H3/t21-/m0/s1. The van der Waals surface area contributed by atoms with E-state index in [1.54, 1.807) is 31.3 Å². The summed E-state index contributed by atoms with van der Waals surface area (Å²) in [5.74, 6) is -1.10. The number of carbonyl (C=O) groups excluding carboxylic acids is 2. The van der Waals surface area contributed by atoms with Crippen LogP contribution in [0.1, 0.15) is 29.5 Å². The monoisotopic (exact) mass is 383 g/mol. The summed E-state index contributed by atoms with van der Waals surface area (Å²) in [6, 6.07) is 12.1. The van der Waals surface area contributed by atoms with Gasteiger partial charge in [0.2, 0.25) is 0 Å². The molecule has 0 saturated heterocycles. The number of aryl methyl sites for hydroxylation is 1. The third-order valence-electron chi connectivity index (χ3n) is 5.38. The molecule has 27 heavy (non-hydrogen) atoms. The molecule has 1 aliphatic heterocycles. The number of aliphatic hydroxyl groups is 2. The predicted octanol–water partition coefficient (Wildman–Crippen LogP) is 3.38. The molecule has 2 aromatic carbocycles. The Morgan fingerprint density at radius 3 is 2.74 bits per heavy atom. The number of carbonyl (C=O) groups is 2. The molecule has 2 aliphatic rings. The van der Waals surface area contributed by atoms with Crippen molar-refractivity contribution in [2.24, 2.45) is 0 Å². The van der Waals surface area contributed by atoms with Crippen LogP contribution in [0.2, 0.25) is 5.02 Å². The number of fused-ring (bicyclic) bond motifs is 2. The number of Topliss-reactive ketones (excluding diaryl/α,β-unsaturated/α-hetero) is 1. The van der Waals surface area contributed by atoms with Crippen LogP contribution in [-0.2, 0) is 21.6 Å². The second-order valence-electron chi connectivity index (χ2n) is 6.97. The summed E-state index contributed by atoms with van der Waals surface area (Å²) in [7, 11) is 1.55. The minimum Gasteiger partial charge on any atom is -0.507 e. The van der Waals surface area contributed by atoms with E-state index in [2.05, 4.69) is 0 Å². The van der Waals surface area contributed by atoms with Crippen molar-refractivity contribution in [2.75, 3.05) is 11.9 Å². The maximum absolute atomic E-state index is 12.9. The Hall–Kier alpha value is -2.63. The first kappa shape index (κ1) is 17.8. The molecule has 0 spiro atoms. The Balaban J connectivity index is 1.72. The number of ketones is 1. The molecule has 0 saturated carbocycles. The highest BCUT2D eigenvalue weighted by atomic mass is 35.5. The van der Waals surface area contributed by atoms with Crippen molar-refractivity contribution >= 4 is 34.7 Å². The van der Waals surface area contributed by atoms with Crippen LogP contribution in [0.3, 0.4) is 0 Å². The minimum atomic E-state index is -1.99. The average Bonchev–Trinajstić information content (AvgIpc) is 2.83. The number of allylic oxidation sites excluding steroid dienone is 1. The smallest absolute Gasteiger partial charge is 0.263 e. The zero-order chi connectivity index (χ0) is 19.3. The van der Waals surface area contributed by atoms with E-state index in [4.69, 9.17) is 11.6 Å². The molecule has 0 fully saturated rings. The van der Waals surface area contributed by atoms with Crippen LogP contribution in [0.15, 0.2) is 48.0 Å². The number of likely N-dealkylation sites (N-methyl/N-ethyl adjacent to an activating group) is 1. The Kier molecular flexibility index (Phi) is 4.09. The summed E-state index contributed by atoms with van der Waals surface area (Å²) in [6.45, 7) is 0. The zero-order valence-corrected chi connectivity index (χ0v) is 15.5. The topological polar surface area (TPSA) is 77.8 Å². The van der Waals surface area contributed by atoms with E-state index < -0.39 is 23.7 Å². The lowest BCUT2D eigenvalue weighted by atomic mass is 9.83. The molecule has 0 radical (unpaired) electrons. The molecular weight excluding hydrogens is 366 g/mol. The Bertz CT molecular complexity index is 1010. The van der Waals surface area contributed by atoms with Gasteiger partial charge in [0, 0.05) is 28.8 Å². The third-order valence-corrected chi connectivity index (χ3v) is 5.61. The van der Waals surface area contributed by atoms with E-state index in [1.165, 1.54) is 11.0 Å². The van der Waals surface area contributed by atoms with E-state index in [-0.39, 0.29) is 11.3 Å². The van der Waals surface area contributed by atoms with Crippen LogP contribution in [-0.4, -0.2) is 29.0 Å². The summed E-state index contributed by atoms with van der Waals surface area (Å²) in [4.78, 5) is 27.0. The van der Waals surface area contributed by atoms with Gasteiger partial charge in [-0.25, -0.2) is 0 Å². The number of nitrogens with zero attached hydrogens (tertiary/aromatic N) is 1. The largest absolute Gasteiger partial charge is 0.507 e. The molecule has 2 N–H and O–H groups in total. The Labute approximate surface area is 161 Å². The maximum Gasteiger partial charge on any atom is 0.263 e. The lowest BCUT2D eigenvalue weighted by molar-refractivity contribution is -0.140. The number of hydrogen-bond acceptors (Lipinski definition) is 4. The van der Waals surface area contributed by atoms with Crippen LogP contribution in [0.25, 0.3) is 5.76 Å². The van der Waals surface area contributed by atoms with Gasteiger partial charge in [-0.1, -0.05) is 35.9 Å². The molecule has 0 bridgehead atoms. The number of hydrogen-bond donors (Lipinski definition) is 2. The van der Waals surface area contributed by atoms with E-state index in [9.17, 15) is 19.8 Å². The van der Waals surface area contributed by atoms with E-state index in [0.717, 1.165) is 5.56 Å². The van der Waals surface area contributed by atoms with Gasteiger partial charge < -0.3 is 15.1 Å². The maximum atomic E-state index is 12.9. The van der Waals surface area contributed by atoms with Crippen LogP contribution >= 0.6 is 11.6 Å². The highest BCUT2D eigenvalue weighted by Gasteiger charge is 2.50. The Morgan fingerprint density at radius 1 is 1.22 bits per heavy atom. The highest BCUT2D eigenvalue weighted by molar-refractivity contribution is 6.31. The quantitative estimate of drug-likeness (QED) is 0.851. The van der Waals surface area contributed by atoms with Crippen molar-refractivity contribution in [1.82, 2.24) is 0 Å². The van der Waals surface area contributed by atoms with Crippen molar-refractivity contribution < 1.29 is 19.8 Å². The third kappa shape index (κ3) is 2.66. The molecule has 5 nitrogen and oxygen atoms in total. The van der Waals surface area contributed by atoms with Gasteiger partial charge in [0.1, 0.15) is 5.76 Å². The normalized spacial score (nSPS) is 21.3. The minimum absolute atomic E-state index is 0.0735. The summed E-state index contributed by atoms with van der Waals surface area (Å²) in [5.41, 5.74) is 0.680. The molecule has 4 rings (SSSR count). The molecule has 1 amide bonds. The molecule has 1 atom stereocenters. The van der Waals surface area contributed by atoms with Gasteiger partial charge in [0.05, 0.1) is 12.1 Å². The van der Waals surface area contributed by atoms with E-state index >= 15 is 0 Å². The second-order valence-corrected chi connectivity index (χ2v) is 7.41. The van der Waals surface area contributed by atoms with Gasteiger partial charge >= 0.3 is 0 Å².